The third kappa shape index (κ3) is 3.07. The van der Waals surface area contributed by atoms with Crippen molar-refractivity contribution in [3.63, 3.8) is 0 Å². The van der Waals surface area contributed by atoms with E-state index in [1.54, 1.807) is 18.2 Å². The molecule has 25 heavy (non-hydrogen) atoms. The van der Waals surface area contributed by atoms with Crippen molar-refractivity contribution in [3.05, 3.63) is 82.8 Å². The van der Waals surface area contributed by atoms with E-state index in [1.807, 2.05) is 54.6 Å². The minimum atomic E-state index is 0.204. The fourth-order valence-electron chi connectivity index (χ4n) is 2.91. The molecule has 0 saturated heterocycles. The van der Waals surface area contributed by atoms with Crippen LogP contribution in [0.1, 0.15) is 0 Å². The van der Waals surface area contributed by atoms with Crippen LogP contribution in [0.2, 0.25) is 10.0 Å². The predicted molar refractivity (Wildman–Crippen MR) is 104 cm³/mol. The number of aromatic nitrogens is 1. The van der Waals surface area contributed by atoms with Crippen LogP contribution in [0.5, 0.6) is 5.75 Å². The van der Waals surface area contributed by atoms with Crippen molar-refractivity contribution in [3.8, 4) is 28.1 Å². The van der Waals surface area contributed by atoms with Gasteiger partial charge in [0, 0.05) is 26.6 Å². The van der Waals surface area contributed by atoms with Gasteiger partial charge in [0.15, 0.2) is 0 Å². The predicted octanol–water partition coefficient (Wildman–Crippen LogP) is 6.58. The van der Waals surface area contributed by atoms with Gasteiger partial charge < -0.3 is 5.11 Å². The average molecular weight is 366 g/mol. The van der Waals surface area contributed by atoms with Crippen LogP contribution in [0.3, 0.4) is 0 Å². The van der Waals surface area contributed by atoms with E-state index in [2.05, 4.69) is 0 Å². The summed E-state index contributed by atoms with van der Waals surface area (Å²) >= 11 is 12.6. The van der Waals surface area contributed by atoms with Crippen LogP contribution >= 0.6 is 23.2 Å². The lowest BCUT2D eigenvalue weighted by atomic mass is 9.98. The first-order chi connectivity index (χ1) is 12.1. The third-order valence-electron chi connectivity index (χ3n) is 4.08. The van der Waals surface area contributed by atoms with Gasteiger partial charge in [-0.2, -0.15) is 0 Å². The number of fused-ring (bicyclic) bond motifs is 1. The van der Waals surface area contributed by atoms with Crippen LogP contribution < -0.4 is 0 Å². The van der Waals surface area contributed by atoms with Crippen LogP contribution in [0.4, 0.5) is 0 Å². The Labute approximate surface area is 155 Å². The summed E-state index contributed by atoms with van der Waals surface area (Å²) in [4.78, 5) is 4.73. The number of pyridine rings is 1. The van der Waals surface area contributed by atoms with Crippen molar-refractivity contribution in [2.45, 2.75) is 0 Å². The lowest BCUT2D eigenvalue weighted by Gasteiger charge is -2.12. The molecule has 4 heteroatoms. The number of phenolic OH excluding ortho intramolecular Hbond substituents is 1. The highest BCUT2D eigenvalue weighted by Crippen LogP contribution is 2.37. The molecule has 0 bridgehead atoms. The number of benzene rings is 3. The minimum absolute atomic E-state index is 0.204. The van der Waals surface area contributed by atoms with Crippen LogP contribution in [0.25, 0.3) is 33.3 Å². The van der Waals surface area contributed by atoms with E-state index in [9.17, 15) is 5.11 Å². The average Bonchev–Trinajstić information content (AvgIpc) is 2.61. The number of aromatic hydroxyl groups is 1. The van der Waals surface area contributed by atoms with E-state index in [-0.39, 0.29) is 5.75 Å². The standard InChI is InChI=1S/C21H13Cl2NO/c22-14-8-9-20-18(11-14)17(16-6-1-2-7-19(16)23)12-21(24-20)13-4-3-5-15(25)10-13/h1-12,25H. The molecule has 3 aromatic carbocycles. The number of rotatable bonds is 2. The molecule has 0 fully saturated rings. The van der Waals surface area contributed by atoms with E-state index < -0.39 is 0 Å². The summed E-state index contributed by atoms with van der Waals surface area (Å²) in [5.74, 6) is 0.204. The maximum Gasteiger partial charge on any atom is 0.116 e. The quantitative estimate of drug-likeness (QED) is 0.435. The molecule has 4 aromatic rings. The van der Waals surface area contributed by atoms with Crippen molar-refractivity contribution in [1.82, 2.24) is 4.98 Å². The second-order valence-corrected chi connectivity index (χ2v) is 6.59. The van der Waals surface area contributed by atoms with Gasteiger partial charge in [0.1, 0.15) is 5.75 Å². The Balaban J connectivity index is 2.05. The SMILES string of the molecule is Oc1cccc(-c2cc(-c3ccccc3Cl)c3cc(Cl)ccc3n2)c1. The monoisotopic (exact) mass is 365 g/mol. The first kappa shape index (κ1) is 15.9. The van der Waals surface area contributed by atoms with Gasteiger partial charge in [-0.15, -0.1) is 0 Å². The van der Waals surface area contributed by atoms with E-state index in [4.69, 9.17) is 28.2 Å². The summed E-state index contributed by atoms with van der Waals surface area (Å²) in [5.41, 5.74) is 4.29. The Bertz CT molecular complexity index is 1090. The van der Waals surface area contributed by atoms with E-state index in [0.29, 0.717) is 10.0 Å². The number of halogens is 2. The van der Waals surface area contributed by atoms with Crippen molar-refractivity contribution >= 4 is 34.1 Å². The van der Waals surface area contributed by atoms with Gasteiger partial charge in [-0.1, -0.05) is 53.5 Å². The molecule has 0 atom stereocenters. The zero-order valence-electron chi connectivity index (χ0n) is 13.1. The molecule has 0 aliphatic rings. The van der Waals surface area contributed by atoms with Crippen molar-refractivity contribution < 1.29 is 5.11 Å². The molecule has 0 aliphatic heterocycles. The minimum Gasteiger partial charge on any atom is -0.508 e. The van der Waals surface area contributed by atoms with Gasteiger partial charge in [-0.3, -0.25) is 0 Å². The first-order valence-electron chi connectivity index (χ1n) is 7.76. The highest BCUT2D eigenvalue weighted by atomic mass is 35.5. The molecule has 1 heterocycles. The Morgan fingerprint density at radius 3 is 2.40 bits per heavy atom. The zero-order chi connectivity index (χ0) is 17.4. The maximum absolute atomic E-state index is 9.79. The second kappa shape index (κ2) is 6.40. The third-order valence-corrected chi connectivity index (χ3v) is 4.64. The molecule has 0 aliphatic carbocycles. The van der Waals surface area contributed by atoms with Crippen molar-refractivity contribution in [2.75, 3.05) is 0 Å². The van der Waals surface area contributed by atoms with E-state index in [1.165, 1.54) is 0 Å². The Kier molecular flexibility index (Phi) is 4.08. The van der Waals surface area contributed by atoms with Crippen LogP contribution in [0.15, 0.2) is 72.8 Å². The Morgan fingerprint density at radius 1 is 0.760 bits per heavy atom. The molecule has 1 aromatic heterocycles. The molecule has 0 amide bonds. The molecule has 0 spiro atoms. The van der Waals surface area contributed by atoms with Gasteiger partial charge in [-0.25, -0.2) is 4.98 Å². The van der Waals surface area contributed by atoms with Gasteiger partial charge in [-0.05, 0) is 48.0 Å². The smallest absolute Gasteiger partial charge is 0.116 e. The van der Waals surface area contributed by atoms with E-state index in [0.717, 1.165) is 33.3 Å². The van der Waals surface area contributed by atoms with Crippen LogP contribution in [-0.2, 0) is 0 Å². The summed E-state index contributed by atoms with van der Waals surface area (Å²) < 4.78 is 0. The number of hydrogen-bond donors (Lipinski definition) is 1. The first-order valence-corrected chi connectivity index (χ1v) is 8.52. The summed E-state index contributed by atoms with van der Waals surface area (Å²) in [6.07, 6.45) is 0. The van der Waals surface area contributed by atoms with Gasteiger partial charge in [0.25, 0.3) is 0 Å². The Hall–Kier alpha value is -2.55. The molecule has 122 valence electrons. The fraction of sp³-hybridized carbons (Fsp3) is 0. The summed E-state index contributed by atoms with van der Waals surface area (Å²) in [6, 6.07) is 22.3. The van der Waals surface area contributed by atoms with Gasteiger partial charge in [0.05, 0.1) is 11.2 Å². The lowest BCUT2D eigenvalue weighted by Crippen LogP contribution is -1.90. The maximum atomic E-state index is 9.79. The van der Waals surface area contributed by atoms with Gasteiger partial charge in [0.2, 0.25) is 0 Å². The van der Waals surface area contributed by atoms with Crippen LogP contribution in [-0.4, -0.2) is 10.1 Å². The molecular formula is C21H13Cl2NO. The van der Waals surface area contributed by atoms with Crippen LogP contribution in [0, 0.1) is 0 Å². The highest BCUT2D eigenvalue weighted by Gasteiger charge is 2.12. The highest BCUT2D eigenvalue weighted by molar-refractivity contribution is 6.34. The Morgan fingerprint density at radius 2 is 1.60 bits per heavy atom. The molecule has 2 nitrogen and oxygen atoms in total. The number of phenols is 1. The molecule has 0 unspecified atom stereocenters. The van der Waals surface area contributed by atoms with E-state index >= 15 is 0 Å². The molecule has 0 saturated carbocycles. The molecule has 1 N–H and O–H groups in total. The molecular weight excluding hydrogens is 353 g/mol. The van der Waals surface area contributed by atoms with Gasteiger partial charge >= 0.3 is 0 Å². The largest absolute Gasteiger partial charge is 0.508 e. The fourth-order valence-corrected chi connectivity index (χ4v) is 3.32. The zero-order valence-corrected chi connectivity index (χ0v) is 14.6. The summed E-state index contributed by atoms with van der Waals surface area (Å²) in [5, 5.41) is 12.0. The number of nitrogens with zero attached hydrogens (tertiary/aromatic N) is 1. The molecule has 0 radical (unpaired) electrons. The molecule has 4 rings (SSSR count). The normalized spacial score (nSPS) is 11.0. The summed E-state index contributed by atoms with van der Waals surface area (Å²) in [6.45, 7) is 0. The van der Waals surface area contributed by atoms with Crippen molar-refractivity contribution in [2.24, 2.45) is 0 Å². The van der Waals surface area contributed by atoms with Crippen molar-refractivity contribution in [1.29, 1.82) is 0 Å². The second-order valence-electron chi connectivity index (χ2n) is 5.75. The topological polar surface area (TPSA) is 33.1 Å². The lowest BCUT2D eigenvalue weighted by molar-refractivity contribution is 0.475. The summed E-state index contributed by atoms with van der Waals surface area (Å²) in [7, 11) is 0. The number of hydrogen-bond acceptors (Lipinski definition) is 2.